The summed E-state index contributed by atoms with van der Waals surface area (Å²) in [5, 5.41) is 0. The molecule has 2 unspecified atom stereocenters. The highest BCUT2D eigenvalue weighted by Crippen LogP contribution is 2.43. The maximum absolute atomic E-state index is 12.9. The Morgan fingerprint density at radius 2 is 0.633 bits per heavy atom. The summed E-state index contributed by atoms with van der Waals surface area (Å²) in [6, 6.07) is 0. The van der Waals surface area contributed by atoms with Crippen LogP contribution in [0.15, 0.2) is 122 Å². The molecule has 0 saturated carbocycles. The minimum atomic E-state index is -4.40. The van der Waals surface area contributed by atoms with Crippen LogP contribution >= 0.6 is 7.82 Å². The number of unbranched alkanes of at least 4 members (excludes halogenated alkanes) is 34. The highest BCUT2D eigenvalue weighted by molar-refractivity contribution is 7.47. The summed E-state index contributed by atoms with van der Waals surface area (Å²) in [5.41, 5.74) is 0. The van der Waals surface area contributed by atoms with Crippen LogP contribution in [-0.4, -0.2) is 74.9 Å². The maximum atomic E-state index is 12.9. The lowest BCUT2D eigenvalue weighted by Gasteiger charge is -2.24. The van der Waals surface area contributed by atoms with Gasteiger partial charge in [0.05, 0.1) is 27.7 Å². The second kappa shape index (κ2) is 69.7. The fraction of sp³-hybridized carbons (Fsp3) is 0.725. The first-order chi connectivity index (χ1) is 44.0. The molecule has 0 fully saturated rings. The smallest absolute Gasteiger partial charge is 0.462 e. The van der Waals surface area contributed by atoms with Gasteiger partial charge in [0, 0.05) is 12.8 Å². The molecule has 1 N–H and O–H groups in total. The third-order valence-electron chi connectivity index (χ3n) is 16.0. The SMILES string of the molecule is CC/C=C\C/C=C\C/C=C\C/C=C\C/C=C\C/C=C\C/C=C\CCCCCCCCCC(=O)OC(COC(=O)CCCCCCCCCCCCCCCCCCCCCCCC/C=C\C/C=C\C/C=C\CCCCCCC)COP(=O)(O)OCC[N+](C)(C)C. The molecule has 0 heterocycles. The molecule has 0 rings (SSSR count). The van der Waals surface area contributed by atoms with E-state index in [0.29, 0.717) is 17.4 Å². The lowest BCUT2D eigenvalue weighted by atomic mass is 10.0. The van der Waals surface area contributed by atoms with E-state index in [9.17, 15) is 19.0 Å². The highest BCUT2D eigenvalue weighted by atomic mass is 31.2. The first kappa shape index (κ1) is 86.4. The Hall–Kier alpha value is -3.59. The Balaban J connectivity index is 4.02. The molecular formula is C80H141NO8P+. The molecule has 0 aromatic rings. The van der Waals surface area contributed by atoms with E-state index in [1.165, 1.54) is 186 Å². The Kier molecular flexibility index (Phi) is 67.0. The molecule has 10 heteroatoms. The van der Waals surface area contributed by atoms with Crippen molar-refractivity contribution in [3.63, 3.8) is 0 Å². The van der Waals surface area contributed by atoms with Gasteiger partial charge in [-0.2, -0.15) is 0 Å². The molecule has 2 atom stereocenters. The van der Waals surface area contributed by atoms with Crippen molar-refractivity contribution in [3.8, 4) is 0 Å². The summed E-state index contributed by atoms with van der Waals surface area (Å²) in [4.78, 5) is 35.9. The van der Waals surface area contributed by atoms with E-state index in [1.807, 2.05) is 21.1 Å². The monoisotopic (exact) mass is 1280 g/mol. The van der Waals surface area contributed by atoms with Crippen LogP contribution in [0.5, 0.6) is 0 Å². The number of hydrogen-bond acceptors (Lipinski definition) is 7. The molecule has 9 nitrogen and oxygen atoms in total. The van der Waals surface area contributed by atoms with Crippen molar-refractivity contribution in [1.82, 2.24) is 0 Å². The van der Waals surface area contributed by atoms with Crippen LogP contribution in [0.25, 0.3) is 0 Å². The number of esters is 2. The number of carbonyl (C=O) groups is 2. The number of phosphoric acid groups is 1. The van der Waals surface area contributed by atoms with Crippen molar-refractivity contribution in [2.75, 3.05) is 47.5 Å². The number of rotatable bonds is 68. The standard InChI is InChI=1S/C80H140NO8P/c1-6-8-10-12-14-16-18-20-22-24-26-28-30-32-34-36-37-38-39-40-41-42-43-45-46-48-50-52-54-56-58-60-62-64-66-68-70-72-79(82)86-76-78(77-88-90(84,85)87-75-74-81(3,4)5)89-80(83)73-71-69-67-65-63-61-59-57-55-53-51-49-47-44-35-33-31-29-27-25-23-21-19-17-15-13-11-9-7-2/h9,11,15,17-18,20-21,23-24,26-27,29-30,32-33,35,47,49,53,55,78H,6-8,10,12-14,16,19,22,25,28,31,34,36-46,48,50-52,54,56-77H2,1-5H3/p+1/b11-9-,17-15-,20-18-,23-21-,26-24-,29-27-,32-30-,35-33-,49-47-,55-53-. The molecular weight excluding hydrogens is 1130 g/mol. The van der Waals surface area contributed by atoms with Gasteiger partial charge >= 0.3 is 19.8 Å². The average Bonchev–Trinajstić information content (AvgIpc) is 3.58. The van der Waals surface area contributed by atoms with Gasteiger partial charge in [-0.15, -0.1) is 0 Å². The van der Waals surface area contributed by atoms with E-state index in [2.05, 4.69) is 135 Å². The molecule has 0 aliphatic heterocycles. The summed E-state index contributed by atoms with van der Waals surface area (Å²) in [6.45, 7) is 4.32. The minimum absolute atomic E-state index is 0.0249. The van der Waals surface area contributed by atoms with Gasteiger partial charge in [-0.05, 0) is 109 Å². The number of quaternary nitrogens is 1. The number of nitrogens with zero attached hydrogens (tertiary/aromatic N) is 1. The Labute approximate surface area is 556 Å². The van der Waals surface area contributed by atoms with Crippen LogP contribution in [-0.2, 0) is 32.7 Å². The number of likely N-dealkylation sites (N-methyl/N-ethyl adjacent to an activating group) is 1. The van der Waals surface area contributed by atoms with Gasteiger partial charge in [0.25, 0.3) is 0 Å². The number of ether oxygens (including phenoxy) is 2. The lowest BCUT2D eigenvalue weighted by Crippen LogP contribution is -2.37. The lowest BCUT2D eigenvalue weighted by molar-refractivity contribution is -0.870. The topological polar surface area (TPSA) is 108 Å². The van der Waals surface area contributed by atoms with Gasteiger partial charge in [0.1, 0.15) is 19.8 Å². The molecule has 0 bridgehead atoms. The summed E-state index contributed by atoms with van der Waals surface area (Å²) in [6.07, 6.45) is 100. The number of allylic oxidation sites excluding steroid dienone is 20. The molecule has 0 aromatic carbocycles. The van der Waals surface area contributed by atoms with Crippen LogP contribution in [0.3, 0.4) is 0 Å². The molecule has 0 amide bonds. The second-order valence-corrected chi connectivity index (χ2v) is 27.4. The summed E-state index contributed by atoms with van der Waals surface area (Å²) >= 11 is 0. The van der Waals surface area contributed by atoms with Crippen molar-refractivity contribution in [1.29, 1.82) is 0 Å². The Morgan fingerprint density at radius 1 is 0.356 bits per heavy atom. The Bertz CT molecular complexity index is 1940. The Morgan fingerprint density at radius 3 is 0.944 bits per heavy atom. The van der Waals surface area contributed by atoms with E-state index in [-0.39, 0.29) is 32.0 Å². The number of hydrogen-bond donors (Lipinski definition) is 1. The first-order valence-electron chi connectivity index (χ1n) is 37.3. The van der Waals surface area contributed by atoms with Crippen LogP contribution in [0.4, 0.5) is 0 Å². The van der Waals surface area contributed by atoms with Gasteiger partial charge in [-0.1, -0.05) is 322 Å². The zero-order valence-corrected chi connectivity index (χ0v) is 60.0. The van der Waals surface area contributed by atoms with Crippen molar-refractivity contribution in [2.24, 2.45) is 0 Å². The molecule has 518 valence electrons. The van der Waals surface area contributed by atoms with Crippen molar-refractivity contribution in [2.45, 2.75) is 328 Å². The van der Waals surface area contributed by atoms with Gasteiger partial charge in [-0.3, -0.25) is 18.6 Å². The molecule has 0 radical (unpaired) electrons. The number of carbonyl (C=O) groups excluding carboxylic acids is 2. The molecule has 0 aliphatic carbocycles. The summed E-state index contributed by atoms with van der Waals surface area (Å²) in [5.74, 6) is -0.805. The molecule has 0 aromatic heterocycles. The zero-order chi connectivity index (χ0) is 65.5. The fourth-order valence-electron chi connectivity index (χ4n) is 10.3. The van der Waals surface area contributed by atoms with Gasteiger partial charge in [0.2, 0.25) is 0 Å². The van der Waals surface area contributed by atoms with E-state index in [4.69, 9.17) is 18.5 Å². The van der Waals surface area contributed by atoms with Crippen LogP contribution in [0, 0.1) is 0 Å². The van der Waals surface area contributed by atoms with E-state index in [1.54, 1.807) is 0 Å². The summed E-state index contributed by atoms with van der Waals surface area (Å²) in [7, 11) is 1.47. The molecule has 90 heavy (non-hydrogen) atoms. The average molecular weight is 1280 g/mol. The van der Waals surface area contributed by atoms with E-state index < -0.39 is 26.5 Å². The van der Waals surface area contributed by atoms with Crippen molar-refractivity contribution >= 4 is 19.8 Å². The van der Waals surface area contributed by atoms with Crippen molar-refractivity contribution in [3.05, 3.63) is 122 Å². The third kappa shape index (κ3) is 73.5. The van der Waals surface area contributed by atoms with Crippen LogP contribution in [0.2, 0.25) is 0 Å². The minimum Gasteiger partial charge on any atom is -0.462 e. The van der Waals surface area contributed by atoms with Gasteiger partial charge < -0.3 is 18.9 Å². The quantitative estimate of drug-likeness (QED) is 0.0211. The van der Waals surface area contributed by atoms with Crippen molar-refractivity contribution < 1.29 is 42.1 Å². The predicted molar refractivity (Wildman–Crippen MR) is 390 cm³/mol. The largest absolute Gasteiger partial charge is 0.472 e. The first-order valence-corrected chi connectivity index (χ1v) is 38.8. The molecule has 0 spiro atoms. The number of phosphoric ester groups is 1. The molecule has 0 aliphatic rings. The third-order valence-corrected chi connectivity index (χ3v) is 17.0. The predicted octanol–water partition coefficient (Wildman–Crippen LogP) is 24.6. The normalized spacial score (nSPS) is 13.8. The summed E-state index contributed by atoms with van der Waals surface area (Å²) < 4.78 is 34.7. The van der Waals surface area contributed by atoms with E-state index >= 15 is 0 Å². The fourth-order valence-corrected chi connectivity index (χ4v) is 11.0. The highest BCUT2D eigenvalue weighted by Gasteiger charge is 2.27. The second-order valence-electron chi connectivity index (χ2n) is 25.9. The van der Waals surface area contributed by atoms with E-state index in [0.717, 1.165) is 103 Å². The maximum Gasteiger partial charge on any atom is 0.472 e. The zero-order valence-electron chi connectivity index (χ0n) is 59.1. The van der Waals surface area contributed by atoms with Crippen LogP contribution < -0.4 is 0 Å². The van der Waals surface area contributed by atoms with Gasteiger partial charge in [0.15, 0.2) is 6.10 Å². The van der Waals surface area contributed by atoms with Crippen LogP contribution in [0.1, 0.15) is 322 Å². The molecule has 0 saturated heterocycles. The van der Waals surface area contributed by atoms with Gasteiger partial charge in [-0.25, -0.2) is 4.57 Å².